The molecule has 1 fully saturated rings. The number of rotatable bonds is 4. The molecule has 2 heterocycles. The largest absolute Gasteiger partial charge is 0.308 e. The molecule has 0 saturated carbocycles. The molecule has 1 aliphatic rings. The number of aromatic nitrogens is 1. The molecular weight excluding hydrogens is 260 g/mol. The van der Waals surface area contributed by atoms with Crippen molar-refractivity contribution in [2.45, 2.75) is 45.2 Å². The van der Waals surface area contributed by atoms with Gasteiger partial charge in [-0.1, -0.05) is 6.42 Å². The van der Waals surface area contributed by atoms with Gasteiger partial charge < -0.3 is 10.9 Å². The molecule has 110 valence electrons. The molecule has 1 saturated heterocycles. The van der Waals surface area contributed by atoms with Crippen molar-refractivity contribution >= 4 is 17.3 Å². The maximum atomic E-state index is 10.9. The van der Waals surface area contributed by atoms with E-state index in [2.05, 4.69) is 34.7 Å². The van der Waals surface area contributed by atoms with Crippen molar-refractivity contribution in [1.82, 2.24) is 9.99 Å². The maximum Gasteiger partial charge on any atom is 0.276 e. The zero-order valence-corrected chi connectivity index (χ0v) is 11.7. The SMILES string of the molecule is CC1CCCC(C)N1Nc1cc([N+](=O)[O-])cc(NN)n1. The number of anilines is 2. The van der Waals surface area contributed by atoms with Gasteiger partial charge in [-0.3, -0.25) is 10.1 Å². The first-order valence-corrected chi connectivity index (χ1v) is 6.69. The van der Waals surface area contributed by atoms with E-state index in [1.807, 2.05) is 0 Å². The number of nitro groups is 1. The highest BCUT2D eigenvalue weighted by Gasteiger charge is 2.25. The zero-order chi connectivity index (χ0) is 14.7. The first-order chi connectivity index (χ1) is 9.51. The molecule has 2 rings (SSSR count). The summed E-state index contributed by atoms with van der Waals surface area (Å²) >= 11 is 0. The molecule has 0 spiro atoms. The molecule has 20 heavy (non-hydrogen) atoms. The van der Waals surface area contributed by atoms with Gasteiger partial charge >= 0.3 is 0 Å². The topological polar surface area (TPSA) is 109 Å². The third-order valence-corrected chi connectivity index (χ3v) is 3.61. The Hall–Kier alpha value is -1.93. The van der Waals surface area contributed by atoms with Gasteiger partial charge in [-0.25, -0.2) is 15.8 Å². The second-order valence-corrected chi connectivity index (χ2v) is 5.15. The van der Waals surface area contributed by atoms with Crippen molar-refractivity contribution in [2.24, 2.45) is 5.84 Å². The molecule has 2 unspecified atom stereocenters. The predicted molar refractivity (Wildman–Crippen MR) is 76.9 cm³/mol. The van der Waals surface area contributed by atoms with Crippen LogP contribution in [0, 0.1) is 10.1 Å². The lowest BCUT2D eigenvalue weighted by Crippen LogP contribution is -2.47. The highest BCUT2D eigenvalue weighted by molar-refractivity contribution is 5.53. The number of hydrogen-bond acceptors (Lipinski definition) is 7. The summed E-state index contributed by atoms with van der Waals surface area (Å²) < 4.78 is 0. The van der Waals surface area contributed by atoms with Crippen molar-refractivity contribution in [3.8, 4) is 0 Å². The Morgan fingerprint density at radius 3 is 2.50 bits per heavy atom. The van der Waals surface area contributed by atoms with Gasteiger partial charge in [-0.2, -0.15) is 0 Å². The second-order valence-electron chi connectivity index (χ2n) is 5.15. The number of nitrogens with zero attached hydrogens (tertiary/aromatic N) is 3. The van der Waals surface area contributed by atoms with Gasteiger partial charge in [0.05, 0.1) is 17.1 Å². The van der Waals surface area contributed by atoms with Crippen LogP contribution in [0.25, 0.3) is 0 Å². The number of nitrogen functional groups attached to an aromatic ring is 1. The van der Waals surface area contributed by atoms with E-state index in [1.54, 1.807) is 0 Å². The highest BCUT2D eigenvalue weighted by Crippen LogP contribution is 2.25. The summed E-state index contributed by atoms with van der Waals surface area (Å²) in [7, 11) is 0. The van der Waals surface area contributed by atoms with Crippen molar-refractivity contribution in [3.63, 3.8) is 0 Å². The number of nitrogens with two attached hydrogens (primary N) is 1. The minimum absolute atomic E-state index is 0.0484. The second kappa shape index (κ2) is 6.02. The van der Waals surface area contributed by atoms with E-state index in [9.17, 15) is 10.1 Å². The van der Waals surface area contributed by atoms with Crippen molar-refractivity contribution in [1.29, 1.82) is 0 Å². The predicted octanol–water partition coefficient (Wildman–Crippen LogP) is 1.87. The van der Waals surface area contributed by atoms with Crippen LogP contribution >= 0.6 is 0 Å². The van der Waals surface area contributed by atoms with Crippen LogP contribution in [0.4, 0.5) is 17.3 Å². The highest BCUT2D eigenvalue weighted by atomic mass is 16.6. The van der Waals surface area contributed by atoms with E-state index in [4.69, 9.17) is 5.84 Å². The van der Waals surface area contributed by atoms with Gasteiger partial charge in [0, 0.05) is 12.1 Å². The number of nitrogens with one attached hydrogen (secondary N) is 2. The molecule has 1 aromatic rings. The smallest absolute Gasteiger partial charge is 0.276 e. The number of hydrogen-bond donors (Lipinski definition) is 3. The molecule has 4 N–H and O–H groups in total. The average molecular weight is 280 g/mol. The summed E-state index contributed by atoms with van der Waals surface area (Å²) in [4.78, 5) is 14.7. The molecule has 0 aliphatic carbocycles. The maximum absolute atomic E-state index is 10.9. The lowest BCUT2D eigenvalue weighted by molar-refractivity contribution is -0.384. The van der Waals surface area contributed by atoms with E-state index >= 15 is 0 Å². The lowest BCUT2D eigenvalue weighted by atomic mass is 10.00. The minimum atomic E-state index is -0.462. The fourth-order valence-electron chi connectivity index (χ4n) is 2.53. The van der Waals surface area contributed by atoms with Crippen molar-refractivity contribution in [3.05, 3.63) is 22.2 Å². The van der Waals surface area contributed by atoms with Gasteiger partial charge in [0.2, 0.25) is 0 Å². The van der Waals surface area contributed by atoms with Crippen molar-refractivity contribution < 1.29 is 4.92 Å². The van der Waals surface area contributed by atoms with Crippen LogP contribution in [-0.2, 0) is 0 Å². The Balaban J connectivity index is 2.23. The monoisotopic (exact) mass is 280 g/mol. The molecule has 0 amide bonds. The van der Waals surface area contributed by atoms with Gasteiger partial charge in [0.15, 0.2) is 0 Å². The van der Waals surface area contributed by atoms with E-state index in [1.165, 1.54) is 18.6 Å². The third-order valence-electron chi connectivity index (χ3n) is 3.61. The molecule has 8 heteroatoms. The van der Waals surface area contributed by atoms with E-state index in [0.29, 0.717) is 17.9 Å². The van der Waals surface area contributed by atoms with Crippen LogP contribution < -0.4 is 16.7 Å². The quantitative estimate of drug-likeness (QED) is 0.438. The summed E-state index contributed by atoms with van der Waals surface area (Å²) in [5, 5.41) is 13.0. The molecule has 0 aromatic carbocycles. The normalized spacial score (nSPS) is 23.4. The summed E-state index contributed by atoms with van der Waals surface area (Å²) in [5.74, 6) is 5.99. The van der Waals surface area contributed by atoms with Crippen LogP contribution in [0.5, 0.6) is 0 Å². The summed E-state index contributed by atoms with van der Waals surface area (Å²) in [6.07, 6.45) is 3.38. The Kier molecular flexibility index (Phi) is 4.35. The summed E-state index contributed by atoms with van der Waals surface area (Å²) in [6, 6.07) is 3.42. The lowest BCUT2D eigenvalue weighted by Gasteiger charge is -2.39. The average Bonchev–Trinajstić information content (AvgIpc) is 2.42. The first-order valence-electron chi connectivity index (χ1n) is 6.69. The Morgan fingerprint density at radius 1 is 1.35 bits per heavy atom. The van der Waals surface area contributed by atoms with Crippen LogP contribution in [0.1, 0.15) is 33.1 Å². The van der Waals surface area contributed by atoms with Crippen LogP contribution in [0.2, 0.25) is 0 Å². The molecule has 0 bridgehead atoms. The number of hydrazine groups is 2. The number of piperidine rings is 1. The molecule has 2 atom stereocenters. The fraction of sp³-hybridized carbons (Fsp3) is 0.583. The first kappa shape index (κ1) is 14.5. The van der Waals surface area contributed by atoms with Crippen LogP contribution in [0.3, 0.4) is 0 Å². The van der Waals surface area contributed by atoms with Gasteiger partial charge in [-0.05, 0) is 26.7 Å². The van der Waals surface area contributed by atoms with Gasteiger partial charge in [-0.15, -0.1) is 0 Å². The molecule has 1 aliphatic heterocycles. The molecule has 0 radical (unpaired) electrons. The Bertz CT molecular complexity index is 485. The summed E-state index contributed by atoms with van der Waals surface area (Å²) in [6.45, 7) is 4.25. The zero-order valence-electron chi connectivity index (χ0n) is 11.7. The van der Waals surface area contributed by atoms with Crippen molar-refractivity contribution in [2.75, 3.05) is 10.9 Å². The van der Waals surface area contributed by atoms with E-state index in [-0.39, 0.29) is 11.5 Å². The minimum Gasteiger partial charge on any atom is -0.308 e. The molecular formula is C12H20N6O2. The Morgan fingerprint density at radius 2 is 1.95 bits per heavy atom. The van der Waals surface area contributed by atoms with Gasteiger partial charge in [0.25, 0.3) is 5.69 Å². The fourth-order valence-corrected chi connectivity index (χ4v) is 2.53. The van der Waals surface area contributed by atoms with E-state index < -0.39 is 4.92 Å². The van der Waals surface area contributed by atoms with Crippen LogP contribution in [0.15, 0.2) is 12.1 Å². The molecule has 1 aromatic heterocycles. The standard InChI is InChI=1S/C12H20N6O2/c1-8-4-3-5-9(2)17(8)16-12-7-10(18(19)20)6-11(14-12)15-13/h6-9H,3-5,13H2,1-2H3,(H2,14,15,16). The van der Waals surface area contributed by atoms with E-state index in [0.717, 1.165) is 12.8 Å². The molecule has 8 nitrogen and oxygen atoms in total. The summed E-state index contributed by atoms with van der Waals surface area (Å²) in [5.41, 5.74) is 5.47. The Labute approximate surface area is 117 Å². The number of pyridine rings is 1. The van der Waals surface area contributed by atoms with Crippen LogP contribution in [-0.4, -0.2) is 27.0 Å². The van der Waals surface area contributed by atoms with Gasteiger partial charge in [0.1, 0.15) is 11.6 Å². The third kappa shape index (κ3) is 3.14.